The normalized spacial score (nSPS) is 17.1. The predicted octanol–water partition coefficient (Wildman–Crippen LogP) is 16.5. The van der Waals surface area contributed by atoms with Gasteiger partial charge in [-0.3, -0.25) is 0 Å². The molecular formula is C64H60BN2O. The standard InChI is InChI=1S/C64H60BN2O/c1-61(2)31-32-62(3,4)51-36-44(26-29-50(51)61)66-55-30-25-43(41-19-13-10-14-20-41)35-47(55)48-37-49-46-21-15-16-22-57(46)68-60(49)59-58(48)65-54-38-52-53(64(7,8)34-33-63(52,5)6)39-56(54)67(59)45-27-23-42(24-28-45)40-17-11-9-12-18-40/h9-30,35-39,66H,31-34H2,1-8H3. The molecule has 3 aliphatic rings. The van der Waals surface area contributed by atoms with Gasteiger partial charge in [0.15, 0.2) is 12.9 Å². The molecule has 9 aromatic rings. The van der Waals surface area contributed by atoms with Crippen LogP contribution in [-0.4, -0.2) is 7.28 Å². The second kappa shape index (κ2) is 15.4. The molecule has 1 aromatic heterocycles. The summed E-state index contributed by atoms with van der Waals surface area (Å²) in [5.74, 6) is 0. The molecule has 0 atom stereocenters. The van der Waals surface area contributed by atoms with Gasteiger partial charge in [0.05, 0.1) is 5.69 Å². The Bertz CT molecular complexity index is 3450. The van der Waals surface area contributed by atoms with Crippen molar-refractivity contribution in [3.8, 4) is 33.4 Å². The van der Waals surface area contributed by atoms with E-state index in [-0.39, 0.29) is 21.7 Å². The fourth-order valence-corrected chi connectivity index (χ4v) is 11.9. The maximum absolute atomic E-state index is 7.12. The molecule has 0 amide bonds. The van der Waals surface area contributed by atoms with Gasteiger partial charge in [0, 0.05) is 39.1 Å². The summed E-state index contributed by atoms with van der Waals surface area (Å²) < 4.78 is 7.12. The average Bonchev–Trinajstić information content (AvgIpc) is 3.72. The lowest BCUT2D eigenvalue weighted by Crippen LogP contribution is -2.43. The molecule has 0 unspecified atom stereocenters. The van der Waals surface area contributed by atoms with Crippen molar-refractivity contribution in [1.82, 2.24) is 0 Å². The van der Waals surface area contributed by atoms with E-state index in [1.54, 1.807) is 0 Å². The molecule has 2 aliphatic carbocycles. The maximum Gasteiger partial charge on any atom is 0.198 e. The Labute approximate surface area is 403 Å². The lowest BCUT2D eigenvalue weighted by atomic mass is 9.55. The lowest BCUT2D eigenvalue weighted by Gasteiger charge is -2.44. The highest BCUT2D eigenvalue weighted by molar-refractivity contribution is 6.74. The number of anilines is 5. The summed E-state index contributed by atoms with van der Waals surface area (Å²) in [4.78, 5) is 2.52. The Morgan fingerprint density at radius 3 is 1.71 bits per heavy atom. The van der Waals surface area contributed by atoms with E-state index in [1.165, 1.54) is 68.5 Å². The SMILES string of the molecule is CC1(C)CCC(C)(C)c2cc(Nc3ccc(-c4ccccc4)cc3-c3cc4c(oc5ccccc54)c4c3[B]c3cc5c(cc3N4c3ccc(-c4ccccc4)cc3)C(C)(C)CCC5(C)C)ccc21. The molecule has 1 N–H and O–H groups in total. The second-order valence-corrected chi connectivity index (χ2v) is 22.6. The fraction of sp³-hybridized carbons (Fsp3) is 0.250. The number of hydrogen-bond acceptors (Lipinski definition) is 3. The number of rotatable bonds is 6. The summed E-state index contributed by atoms with van der Waals surface area (Å²) in [5, 5.41) is 6.26. The number of furan rings is 1. The zero-order valence-electron chi connectivity index (χ0n) is 40.8. The van der Waals surface area contributed by atoms with Gasteiger partial charge in [-0.15, -0.1) is 0 Å². The predicted molar refractivity (Wildman–Crippen MR) is 290 cm³/mol. The largest absolute Gasteiger partial charge is 0.454 e. The van der Waals surface area contributed by atoms with Crippen molar-refractivity contribution < 1.29 is 4.42 Å². The number of benzene rings is 8. The van der Waals surface area contributed by atoms with Crippen LogP contribution in [0.5, 0.6) is 0 Å². The van der Waals surface area contributed by atoms with E-state index in [1.807, 2.05) is 0 Å². The van der Waals surface area contributed by atoms with E-state index < -0.39 is 0 Å². The molecule has 68 heavy (non-hydrogen) atoms. The minimum atomic E-state index is 0.0274. The van der Waals surface area contributed by atoms with Crippen molar-refractivity contribution in [2.75, 3.05) is 10.2 Å². The highest BCUT2D eigenvalue weighted by Gasteiger charge is 2.41. The van der Waals surface area contributed by atoms with Crippen LogP contribution in [-0.2, 0) is 21.7 Å². The van der Waals surface area contributed by atoms with Gasteiger partial charge in [0.2, 0.25) is 0 Å². The van der Waals surface area contributed by atoms with Gasteiger partial charge in [0.25, 0.3) is 0 Å². The maximum atomic E-state index is 7.12. The van der Waals surface area contributed by atoms with Crippen LogP contribution in [0.4, 0.5) is 28.4 Å². The van der Waals surface area contributed by atoms with Crippen LogP contribution in [0.2, 0.25) is 0 Å². The molecule has 0 bridgehead atoms. The first-order chi connectivity index (χ1) is 32.6. The Kier molecular flexibility index (Phi) is 9.62. The molecule has 3 nitrogen and oxygen atoms in total. The first-order valence-electron chi connectivity index (χ1n) is 24.7. The molecular weight excluding hydrogens is 824 g/mol. The molecule has 0 fully saturated rings. The number of nitrogens with one attached hydrogen (secondary N) is 1. The number of hydrogen-bond donors (Lipinski definition) is 1. The highest BCUT2D eigenvalue weighted by atomic mass is 16.3. The molecule has 4 heteroatoms. The topological polar surface area (TPSA) is 28.4 Å². The molecule has 1 aliphatic heterocycles. The quantitative estimate of drug-likeness (QED) is 0.169. The van der Waals surface area contributed by atoms with Gasteiger partial charge in [-0.05, 0) is 157 Å². The summed E-state index contributed by atoms with van der Waals surface area (Å²) >= 11 is 0. The van der Waals surface area contributed by atoms with Gasteiger partial charge >= 0.3 is 0 Å². The molecule has 0 saturated heterocycles. The van der Waals surface area contributed by atoms with Crippen LogP contribution >= 0.6 is 0 Å². The Hall–Kier alpha value is -6.78. The van der Waals surface area contributed by atoms with Crippen molar-refractivity contribution >= 4 is 68.6 Å². The summed E-state index contributed by atoms with van der Waals surface area (Å²) in [6.07, 6.45) is 4.64. The van der Waals surface area contributed by atoms with Gasteiger partial charge in [-0.2, -0.15) is 0 Å². The Morgan fingerprint density at radius 2 is 1.03 bits per heavy atom. The van der Waals surface area contributed by atoms with Crippen LogP contribution < -0.4 is 21.1 Å². The number of nitrogens with zero attached hydrogens (tertiary/aromatic N) is 1. The van der Waals surface area contributed by atoms with Crippen molar-refractivity contribution in [1.29, 1.82) is 0 Å². The van der Waals surface area contributed by atoms with Crippen LogP contribution in [0.25, 0.3) is 55.3 Å². The smallest absolute Gasteiger partial charge is 0.198 e. The highest BCUT2D eigenvalue weighted by Crippen LogP contribution is 2.52. The van der Waals surface area contributed by atoms with Crippen LogP contribution in [0.3, 0.4) is 0 Å². The third kappa shape index (κ3) is 6.93. The lowest BCUT2D eigenvalue weighted by molar-refractivity contribution is 0.332. The van der Waals surface area contributed by atoms with E-state index >= 15 is 0 Å². The van der Waals surface area contributed by atoms with Crippen molar-refractivity contribution in [3.05, 3.63) is 186 Å². The molecule has 12 rings (SSSR count). The Balaban J connectivity index is 1.14. The molecule has 335 valence electrons. The molecule has 8 aromatic carbocycles. The van der Waals surface area contributed by atoms with E-state index in [9.17, 15) is 0 Å². The van der Waals surface area contributed by atoms with E-state index in [0.717, 1.165) is 74.1 Å². The summed E-state index contributed by atoms with van der Waals surface area (Å²) in [5.41, 5.74) is 22.8. The van der Waals surface area contributed by atoms with E-state index in [4.69, 9.17) is 4.42 Å². The second-order valence-electron chi connectivity index (χ2n) is 22.6. The molecule has 0 saturated carbocycles. The van der Waals surface area contributed by atoms with Gasteiger partial charge in [-0.25, -0.2) is 0 Å². The summed E-state index contributed by atoms with van der Waals surface area (Å²) in [6, 6.07) is 60.8. The van der Waals surface area contributed by atoms with E-state index in [0.29, 0.717) is 0 Å². The van der Waals surface area contributed by atoms with Crippen molar-refractivity contribution in [2.45, 2.75) is 103 Å². The fourth-order valence-electron chi connectivity index (χ4n) is 11.9. The third-order valence-corrected chi connectivity index (χ3v) is 16.2. The van der Waals surface area contributed by atoms with Crippen LogP contribution in [0, 0.1) is 0 Å². The van der Waals surface area contributed by atoms with Crippen LogP contribution in [0.15, 0.2) is 168 Å². The number of para-hydroxylation sites is 1. The minimum absolute atomic E-state index is 0.0274. The van der Waals surface area contributed by atoms with Gasteiger partial charge < -0.3 is 14.6 Å². The monoisotopic (exact) mass is 883 g/mol. The van der Waals surface area contributed by atoms with Crippen molar-refractivity contribution in [2.24, 2.45) is 0 Å². The molecule has 0 spiro atoms. The Morgan fingerprint density at radius 1 is 0.471 bits per heavy atom. The first-order valence-corrected chi connectivity index (χ1v) is 24.7. The molecule has 2 heterocycles. The average molecular weight is 884 g/mol. The number of fused-ring (bicyclic) bond motifs is 8. The third-order valence-electron chi connectivity index (χ3n) is 16.2. The summed E-state index contributed by atoms with van der Waals surface area (Å²) in [6.45, 7) is 19.4. The van der Waals surface area contributed by atoms with Crippen molar-refractivity contribution in [3.63, 3.8) is 0 Å². The zero-order valence-corrected chi connectivity index (χ0v) is 40.8. The van der Waals surface area contributed by atoms with Gasteiger partial charge in [-0.1, -0.05) is 170 Å². The minimum Gasteiger partial charge on any atom is -0.454 e. The van der Waals surface area contributed by atoms with E-state index in [2.05, 4.69) is 237 Å². The van der Waals surface area contributed by atoms with Crippen LogP contribution in [0.1, 0.15) is 103 Å². The molecule has 1 radical (unpaired) electrons. The van der Waals surface area contributed by atoms with Gasteiger partial charge in [0.1, 0.15) is 5.58 Å². The zero-order chi connectivity index (χ0) is 46.7. The summed E-state index contributed by atoms with van der Waals surface area (Å²) in [7, 11) is 2.47. The first kappa shape index (κ1) is 42.6.